The lowest BCUT2D eigenvalue weighted by Crippen LogP contribution is -2.24. The Bertz CT molecular complexity index is 660. The highest BCUT2D eigenvalue weighted by Crippen LogP contribution is 2.26. The van der Waals surface area contributed by atoms with Gasteiger partial charge in [-0.05, 0) is 37.3 Å². The average molecular weight is 377 g/mol. The lowest BCUT2D eigenvalue weighted by molar-refractivity contribution is -0.137. The van der Waals surface area contributed by atoms with Gasteiger partial charge < -0.3 is 5.11 Å². The molecule has 1 aromatic carbocycles. The van der Waals surface area contributed by atoms with Crippen molar-refractivity contribution >= 4 is 51.6 Å². The number of sulfonamides is 1. The van der Waals surface area contributed by atoms with Gasteiger partial charge in [-0.1, -0.05) is 6.42 Å². The first kappa shape index (κ1) is 20.0. The van der Waals surface area contributed by atoms with Gasteiger partial charge in [-0.25, -0.2) is 18.1 Å². The molecule has 0 aliphatic rings. The van der Waals surface area contributed by atoms with Crippen molar-refractivity contribution in [1.82, 2.24) is 4.72 Å². The molecular weight excluding hydrogens is 356 g/mol. The van der Waals surface area contributed by atoms with Crippen molar-refractivity contribution in [3.05, 3.63) is 18.2 Å². The fraction of sp³-hybridized carbons (Fsp3) is 0.429. The van der Waals surface area contributed by atoms with Crippen molar-refractivity contribution in [2.75, 3.05) is 12.8 Å². The summed E-state index contributed by atoms with van der Waals surface area (Å²) < 4.78 is 27.0. The summed E-state index contributed by atoms with van der Waals surface area (Å²) in [6.07, 6.45) is 3.75. The third-order valence-corrected chi connectivity index (χ3v) is 5.07. The number of nitrogens with zero attached hydrogens (tertiary/aromatic N) is 1. The van der Waals surface area contributed by atoms with Gasteiger partial charge in [0, 0.05) is 17.9 Å². The summed E-state index contributed by atoms with van der Waals surface area (Å²) in [7, 11) is -3.61. The van der Waals surface area contributed by atoms with E-state index in [4.69, 9.17) is 5.11 Å². The van der Waals surface area contributed by atoms with Crippen molar-refractivity contribution in [2.45, 2.75) is 35.5 Å². The molecule has 0 amide bonds. The second-order valence-electron chi connectivity index (χ2n) is 4.72. The smallest absolute Gasteiger partial charge is 0.303 e. The van der Waals surface area contributed by atoms with Crippen molar-refractivity contribution in [1.29, 1.82) is 0 Å². The van der Waals surface area contributed by atoms with E-state index in [1.807, 2.05) is 6.26 Å². The van der Waals surface area contributed by atoms with Crippen LogP contribution in [0, 0.1) is 0 Å². The van der Waals surface area contributed by atoms with Crippen LogP contribution >= 0.6 is 24.4 Å². The zero-order valence-corrected chi connectivity index (χ0v) is 15.3. The molecule has 0 atom stereocenters. The minimum Gasteiger partial charge on any atom is -0.481 e. The topological polar surface area (TPSA) is 95.8 Å². The molecule has 0 saturated carbocycles. The standard InChI is InChI=1S/C14H20N2O4S3/c1-22-10-15-12-9-11(6-7-13(12)21)23(19,20)16-8-4-2-3-5-14(17)18/h6-7,9-10,16,21H,2-5,8H2,1H3,(H,17,18). The predicted molar refractivity (Wildman–Crippen MR) is 96.7 cm³/mol. The normalized spacial score (nSPS) is 11.9. The number of thiol groups is 1. The first-order valence-electron chi connectivity index (χ1n) is 6.96. The number of benzene rings is 1. The van der Waals surface area contributed by atoms with Crippen LogP contribution < -0.4 is 4.72 Å². The maximum Gasteiger partial charge on any atom is 0.303 e. The molecule has 1 rings (SSSR count). The van der Waals surface area contributed by atoms with Crippen LogP contribution in [0.4, 0.5) is 5.69 Å². The van der Waals surface area contributed by atoms with Crippen LogP contribution in [0.1, 0.15) is 25.7 Å². The fourth-order valence-corrected chi connectivity index (χ4v) is 3.26. The van der Waals surface area contributed by atoms with E-state index in [0.29, 0.717) is 29.8 Å². The molecule has 9 heteroatoms. The van der Waals surface area contributed by atoms with Gasteiger partial charge in [0.25, 0.3) is 0 Å². The molecule has 23 heavy (non-hydrogen) atoms. The average Bonchev–Trinajstić information content (AvgIpc) is 2.49. The molecule has 0 bridgehead atoms. The summed E-state index contributed by atoms with van der Waals surface area (Å²) in [5, 5.41) is 8.53. The summed E-state index contributed by atoms with van der Waals surface area (Å²) in [4.78, 5) is 15.3. The van der Waals surface area contributed by atoms with E-state index in [1.54, 1.807) is 11.6 Å². The van der Waals surface area contributed by atoms with Gasteiger partial charge in [-0.2, -0.15) is 0 Å². The number of hydrogen-bond acceptors (Lipinski definition) is 6. The van der Waals surface area contributed by atoms with Gasteiger partial charge in [0.15, 0.2) is 0 Å². The van der Waals surface area contributed by atoms with E-state index in [0.717, 1.165) is 0 Å². The minimum atomic E-state index is -3.61. The number of nitrogens with one attached hydrogen (secondary N) is 1. The summed E-state index contributed by atoms with van der Waals surface area (Å²) in [5.74, 6) is -0.837. The molecule has 0 aliphatic carbocycles. The molecule has 2 N–H and O–H groups in total. The number of aliphatic carboxylic acids is 1. The highest BCUT2D eigenvalue weighted by Gasteiger charge is 2.14. The molecule has 0 fully saturated rings. The van der Waals surface area contributed by atoms with Crippen LogP contribution in [0.5, 0.6) is 0 Å². The molecule has 0 heterocycles. The Labute approximate surface area is 146 Å². The second-order valence-corrected chi connectivity index (χ2v) is 7.65. The largest absolute Gasteiger partial charge is 0.481 e. The first-order valence-corrected chi connectivity index (χ1v) is 10.2. The van der Waals surface area contributed by atoms with Gasteiger partial charge in [0.1, 0.15) is 0 Å². The van der Waals surface area contributed by atoms with Crippen molar-refractivity contribution < 1.29 is 18.3 Å². The Balaban J connectivity index is 2.62. The quantitative estimate of drug-likeness (QED) is 0.252. The minimum absolute atomic E-state index is 0.104. The molecule has 0 saturated heterocycles. The Morgan fingerprint density at radius 3 is 2.78 bits per heavy atom. The third-order valence-electron chi connectivity index (χ3n) is 2.91. The van der Waals surface area contributed by atoms with Gasteiger partial charge in [0.2, 0.25) is 10.0 Å². The summed E-state index contributed by atoms with van der Waals surface area (Å²) in [6.45, 7) is 0.272. The molecule has 0 spiro atoms. The molecule has 1 aromatic rings. The third kappa shape index (κ3) is 7.38. The van der Waals surface area contributed by atoms with Crippen LogP contribution in [-0.2, 0) is 14.8 Å². The first-order chi connectivity index (χ1) is 10.9. The summed E-state index contributed by atoms with van der Waals surface area (Å²) in [5.41, 5.74) is 2.11. The fourth-order valence-electron chi connectivity index (χ4n) is 1.75. The summed E-state index contributed by atoms with van der Waals surface area (Å²) >= 11 is 5.66. The maximum absolute atomic E-state index is 12.2. The van der Waals surface area contributed by atoms with Crippen LogP contribution in [0.15, 0.2) is 33.0 Å². The van der Waals surface area contributed by atoms with Crippen LogP contribution in [-0.4, -0.2) is 37.8 Å². The Morgan fingerprint density at radius 1 is 1.39 bits per heavy atom. The van der Waals surface area contributed by atoms with E-state index in [9.17, 15) is 13.2 Å². The van der Waals surface area contributed by atoms with E-state index in [-0.39, 0.29) is 17.9 Å². The Morgan fingerprint density at radius 2 is 2.13 bits per heavy atom. The number of carbonyl (C=O) groups is 1. The number of hydrogen-bond donors (Lipinski definition) is 3. The summed E-state index contributed by atoms with van der Waals surface area (Å²) in [6, 6.07) is 4.55. The number of carboxylic acids is 1. The molecular formula is C14H20N2O4S3. The van der Waals surface area contributed by atoms with E-state index in [1.165, 1.54) is 23.9 Å². The number of rotatable bonds is 10. The van der Waals surface area contributed by atoms with Gasteiger partial charge >= 0.3 is 5.97 Å². The Kier molecular flexibility index (Phi) is 8.67. The number of thioether (sulfide) groups is 1. The second kappa shape index (κ2) is 9.96. The van der Waals surface area contributed by atoms with Crippen LogP contribution in [0.25, 0.3) is 0 Å². The van der Waals surface area contributed by atoms with Crippen LogP contribution in [0.3, 0.4) is 0 Å². The lowest BCUT2D eigenvalue weighted by Gasteiger charge is -2.08. The van der Waals surface area contributed by atoms with E-state index in [2.05, 4.69) is 22.3 Å². The molecule has 0 unspecified atom stereocenters. The zero-order valence-electron chi connectivity index (χ0n) is 12.7. The van der Waals surface area contributed by atoms with Gasteiger partial charge in [-0.3, -0.25) is 4.79 Å². The zero-order chi connectivity index (χ0) is 17.3. The van der Waals surface area contributed by atoms with Crippen LogP contribution in [0.2, 0.25) is 0 Å². The maximum atomic E-state index is 12.2. The van der Waals surface area contributed by atoms with Gasteiger partial charge in [0.05, 0.1) is 16.1 Å². The van der Waals surface area contributed by atoms with Crippen molar-refractivity contribution in [3.8, 4) is 0 Å². The van der Waals surface area contributed by atoms with E-state index < -0.39 is 16.0 Å². The highest BCUT2D eigenvalue weighted by atomic mass is 32.2. The number of unbranched alkanes of at least 4 members (excludes halogenated alkanes) is 2. The number of carboxylic acid groups (broad SMARTS) is 1. The molecule has 0 aliphatic heterocycles. The van der Waals surface area contributed by atoms with Gasteiger partial charge in [-0.15, -0.1) is 24.4 Å². The van der Waals surface area contributed by atoms with Crippen molar-refractivity contribution in [3.63, 3.8) is 0 Å². The molecule has 0 aromatic heterocycles. The monoisotopic (exact) mass is 376 g/mol. The molecule has 128 valence electrons. The van der Waals surface area contributed by atoms with Crippen molar-refractivity contribution in [2.24, 2.45) is 4.99 Å². The molecule has 0 radical (unpaired) electrons. The Hall–Kier alpha value is -1.03. The van der Waals surface area contributed by atoms with E-state index >= 15 is 0 Å². The number of aliphatic imine (C=N–C) groups is 1. The predicted octanol–water partition coefficient (Wildman–Crippen LogP) is 2.92. The SMILES string of the molecule is CSC=Nc1cc(S(=O)(=O)NCCCCCC(=O)O)ccc1S. The molecule has 6 nitrogen and oxygen atoms in total. The highest BCUT2D eigenvalue weighted by molar-refractivity contribution is 8.11. The lowest BCUT2D eigenvalue weighted by atomic mass is 10.2.